The molecule has 0 aliphatic heterocycles. The first-order chi connectivity index (χ1) is 12.6. The van der Waals surface area contributed by atoms with E-state index in [1.807, 2.05) is 29.8 Å². The lowest BCUT2D eigenvalue weighted by Gasteiger charge is -2.19. The molecule has 2 rings (SSSR count). The van der Waals surface area contributed by atoms with Gasteiger partial charge in [0.1, 0.15) is 0 Å². The van der Waals surface area contributed by atoms with Crippen LogP contribution in [0.4, 0.5) is 0 Å². The van der Waals surface area contributed by atoms with Crippen LogP contribution in [0.2, 0.25) is 19.1 Å². The van der Waals surface area contributed by atoms with Gasteiger partial charge < -0.3 is 4.43 Å². The quantitative estimate of drug-likeness (QED) is 0.225. The molecule has 0 aliphatic carbocycles. The SMILES string of the molecule is CO[Si](C)(C)CCCCCCCCCCCc1ccc(-c2cccs2)s1. The molecular weight excluding hydrogens is 372 g/mol. The molecule has 0 unspecified atom stereocenters. The topological polar surface area (TPSA) is 9.23 Å². The van der Waals surface area contributed by atoms with Crippen LogP contribution in [0.15, 0.2) is 29.6 Å². The van der Waals surface area contributed by atoms with Gasteiger partial charge in [0.05, 0.1) is 0 Å². The van der Waals surface area contributed by atoms with Crippen molar-refractivity contribution >= 4 is 31.0 Å². The predicted octanol–water partition coefficient (Wildman–Crippen LogP) is 8.38. The van der Waals surface area contributed by atoms with Crippen LogP contribution < -0.4 is 0 Å². The van der Waals surface area contributed by atoms with Gasteiger partial charge in [-0.2, -0.15) is 0 Å². The molecule has 26 heavy (non-hydrogen) atoms. The normalized spacial score (nSPS) is 12.0. The monoisotopic (exact) mass is 408 g/mol. The number of thiophene rings is 2. The third-order valence-corrected chi connectivity index (χ3v) is 10.1. The second kappa shape index (κ2) is 12.1. The second-order valence-corrected chi connectivity index (χ2v) is 14.4. The summed E-state index contributed by atoms with van der Waals surface area (Å²) in [5.41, 5.74) is 0. The molecule has 0 saturated heterocycles. The lowest BCUT2D eigenvalue weighted by molar-refractivity contribution is 0.400. The molecule has 2 aromatic heterocycles. The Morgan fingerprint density at radius 1 is 0.808 bits per heavy atom. The fourth-order valence-corrected chi connectivity index (χ4v) is 6.44. The van der Waals surface area contributed by atoms with E-state index in [9.17, 15) is 0 Å². The van der Waals surface area contributed by atoms with Crippen molar-refractivity contribution in [3.63, 3.8) is 0 Å². The van der Waals surface area contributed by atoms with Crippen molar-refractivity contribution in [1.29, 1.82) is 0 Å². The maximum atomic E-state index is 5.61. The Morgan fingerprint density at radius 2 is 1.46 bits per heavy atom. The van der Waals surface area contributed by atoms with Gasteiger partial charge in [-0.1, -0.05) is 57.4 Å². The molecule has 0 fully saturated rings. The zero-order chi connectivity index (χ0) is 18.7. The Hall–Kier alpha value is -0.423. The van der Waals surface area contributed by atoms with Crippen LogP contribution in [0, 0.1) is 0 Å². The summed E-state index contributed by atoms with van der Waals surface area (Å²) in [5, 5.41) is 2.16. The average Bonchev–Trinajstić information content (AvgIpc) is 3.31. The van der Waals surface area contributed by atoms with Gasteiger partial charge >= 0.3 is 0 Å². The van der Waals surface area contributed by atoms with Gasteiger partial charge in [0.25, 0.3) is 0 Å². The standard InChI is InChI=1S/C22H36OS2Si/c1-23-26(2,3)19-12-10-8-6-4-5-7-9-11-14-20-16-17-22(25-20)21-15-13-18-24-21/h13,15-18H,4-12,14,19H2,1-3H3. The molecule has 0 spiro atoms. The van der Waals surface area contributed by atoms with Crippen molar-refractivity contribution < 1.29 is 4.43 Å². The molecular formula is C22H36OS2Si. The highest BCUT2D eigenvalue weighted by molar-refractivity contribution is 7.21. The minimum atomic E-state index is -1.31. The Bertz CT molecular complexity index is 589. The highest BCUT2D eigenvalue weighted by atomic mass is 32.1. The van der Waals surface area contributed by atoms with E-state index in [0.717, 1.165) is 0 Å². The summed E-state index contributed by atoms with van der Waals surface area (Å²) >= 11 is 3.82. The molecule has 0 amide bonds. The molecule has 0 bridgehead atoms. The summed E-state index contributed by atoms with van der Waals surface area (Å²) in [6, 6.07) is 10.3. The van der Waals surface area contributed by atoms with Crippen LogP contribution in [-0.4, -0.2) is 15.4 Å². The molecule has 0 aromatic carbocycles. The van der Waals surface area contributed by atoms with E-state index < -0.39 is 8.32 Å². The zero-order valence-electron chi connectivity index (χ0n) is 16.9. The summed E-state index contributed by atoms with van der Waals surface area (Å²) in [7, 11) is 0.574. The van der Waals surface area contributed by atoms with Crippen LogP contribution in [0.5, 0.6) is 0 Å². The number of rotatable bonds is 14. The molecule has 146 valence electrons. The summed E-state index contributed by atoms with van der Waals surface area (Å²) in [6.07, 6.45) is 13.8. The Labute approximate surface area is 169 Å². The first kappa shape index (κ1) is 21.9. The fourth-order valence-electron chi connectivity index (χ4n) is 3.25. The zero-order valence-corrected chi connectivity index (χ0v) is 19.5. The van der Waals surface area contributed by atoms with E-state index in [2.05, 4.69) is 42.7 Å². The largest absolute Gasteiger partial charge is 0.420 e. The number of hydrogen-bond donors (Lipinski definition) is 0. The van der Waals surface area contributed by atoms with Crippen molar-refractivity contribution in [2.45, 2.75) is 83.3 Å². The molecule has 0 N–H and O–H groups in total. The van der Waals surface area contributed by atoms with E-state index >= 15 is 0 Å². The van der Waals surface area contributed by atoms with Crippen LogP contribution in [0.3, 0.4) is 0 Å². The van der Waals surface area contributed by atoms with Crippen molar-refractivity contribution in [2.24, 2.45) is 0 Å². The molecule has 0 saturated carbocycles. The van der Waals surface area contributed by atoms with Crippen LogP contribution in [0.25, 0.3) is 9.75 Å². The molecule has 0 atom stereocenters. The van der Waals surface area contributed by atoms with E-state index in [0.29, 0.717) is 0 Å². The highest BCUT2D eigenvalue weighted by Crippen LogP contribution is 2.32. The maximum Gasteiger partial charge on any atom is 0.186 e. The molecule has 0 radical (unpaired) electrons. The van der Waals surface area contributed by atoms with Gasteiger partial charge in [-0.3, -0.25) is 0 Å². The third-order valence-electron chi connectivity index (χ3n) is 5.18. The lowest BCUT2D eigenvalue weighted by atomic mass is 10.1. The van der Waals surface area contributed by atoms with Gasteiger partial charge in [0.2, 0.25) is 0 Å². The molecule has 0 aliphatic rings. The van der Waals surface area contributed by atoms with E-state index in [1.54, 1.807) is 4.88 Å². The lowest BCUT2D eigenvalue weighted by Crippen LogP contribution is -2.27. The summed E-state index contributed by atoms with van der Waals surface area (Å²) in [5.74, 6) is 0. The summed E-state index contributed by atoms with van der Waals surface area (Å²) in [4.78, 5) is 4.40. The van der Waals surface area contributed by atoms with Gasteiger partial charge in [-0.25, -0.2) is 0 Å². The minimum absolute atomic E-state index is 1.26. The highest BCUT2D eigenvalue weighted by Gasteiger charge is 2.19. The predicted molar refractivity (Wildman–Crippen MR) is 122 cm³/mol. The molecule has 1 nitrogen and oxygen atoms in total. The maximum absolute atomic E-state index is 5.61. The van der Waals surface area contributed by atoms with E-state index in [-0.39, 0.29) is 0 Å². The summed E-state index contributed by atoms with van der Waals surface area (Å²) < 4.78 is 5.61. The van der Waals surface area contributed by atoms with Gasteiger partial charge in [0.15, 0.2) is 8.32 Å². The first-order valence-electron chi connectivity index (χ1n) is 10.3. The third kappa shape index (κ3) is 8.51. The van der Waals surface area contributed by atoms with Crippen molar-refractivity contribution in [3.05, 3.63) is 34.5 Å². The molecule has 4 heteroatoms. The van der Waals surface area contributed by atoms with Gasteiger partial charge in [-0.05, 0) is 55.6 Å². The van der Waals surface area contributed by atoms with Crippen molar-refractivity contribution in [1.82, 2.24) is 0 Å². The fraction of sp³-hybridized carbons (Fsp3) is 0.636. The second-order valence-electron chi connectivity index (χ2n) is 7.89. The number of hydrogen-bond acceptors (Lipinski definition) is 3. The molecule has 2 aromatic rings. The van der Waals surface area contributed by atoms with Crippen molar-refractivity contribution in [2.75, 3.05) is 7.11 Å². The Balaban J connectivity index is 1.42. The van der Waals surface area contributed by atoms with Crippen LogP contribution in [0.1, 0.15) is 62.7 Å². The Morgan fingerprint density at radius 3 is 2.08 bits per heavy atom. The van der Waals surface area contributed by atoms with Gasteiger partial charge in [0, 0.05) is 21.7 Å². The summed E-state index contributed by atoms with van der Waals surface area (Å²) in [6.45, 7) is 4.65. The average molecular weight is 409 g/mol. The van der Waals surface area contributed by atoms with E-state index in [1.165, 1.54) is 80.0 Å². The van der Waals surface area contributed by atoms with Gasteiger partial charge in [-0.15, -0.1) is 22.7 Å². The Kier molecular flexibility index (Phi) is 10.2. The smallest absolute Gasteiger partial charge is 0.186 e. The van der Waals surface area contributed by atoms with Crippen LogP contribution >= 0.6 is 22.7 Å². The minimum Gasteiger partial charge on any atom is -0.420 e. The number of unbranched alkanes of at least 4 members (excludes halogenated alkanes) is 8. The van der Waals surface area contributed by atoms with Crippen molar-refractivity contribution in [3.8, 4) is 9.75 Å². The number of aryl methyl sites for hydroxylation is 1. The molecule has 2 heterocycles. The van der Waals surface area contributed by atoms with Crippen LogP contribution in [-0.2, 0) is 10.8 Å². The first-order valence-corrected chi connectivity index (χ1v) is 15.1. The van der Waals surface area contributed by atoms with E-state index in [4.69, 9.17) is 4.43 Å².